The maximum Gasteiger partial charge on any atom is 0.232 e. The van der Waals surface area contributed by atoms with E-state index < -0.39 is 0 Å². The molecular formula is C21H23N7. The highest BCUT2D eigenvalue weighted by Crippen LogP contribution is 2.36. The molecule has 0 saturated carbocycles. The van der Waals surface area contributed by atoms with Crippen molar-refractivity contribution in [1.29, 1.82) is 0 Å². The summed E-state index contributed by atoms with van der Waals surface area (Å²) in [7, 11) is 0. The van der Waals surface area contributed by atoms with E-state index in [1.54, 1.807) is 12.4 Å². The molecule has 7 nitrogen and oxygen atoms in total. The first kappa shape index (κ1) is 16.9. The van der Waals surface area contributed by atoms with Crippen molar-refractivity contribution in [2.24, 2.45) is 0 Å². The van der Waals surface area contributed by atoms with E-state index in [1.165, 1.54) is 11.3 Å². The highest BCUT2D eigenvalue weighted by atomic mass is 15.4. The molecule has 0 bridgehead atoms. The summed E-state index contributed by atoms with van der Waals surface area (Å²) in [6.45, 7) is 5.77. The molecule has 0 aliphatic carbocycles. The van der Waals surface area contributed by atoms with E-state index in [4.69, 9.17) is 4.98 Å². The zero-order chi connectivity index (χ0) is 18.9. The van der Waals surface area contributed by atoms with E-state index >= 15 is 0 Å². The number of para-hydroxylation sites is 1. The third-order valence-corrected chi connectivity index (χ3v) is 5.49. The van der Waals surface area contributed by atoms with Crippen LogP contribution in [0.15, 0.2) is 55.0 Å². The molecule has 2 aromatic heterocycles. The Balaban J connectivity index is 1.35. The third kappa shape index (κ3) is 3.02. The lowest BCUT2D eigenvalue weighted by molar-refractivity contribution is 0.633. The topological polar surface area (TPSA) is 61.3 Å². The molecule has 0 amide bonds. The van der Waals surface area contributed by atoms with Gasteiger partial charge in [-0.15, -0.1) is 0 Å². The van der Waals surface area contributed by atoms with E-state index in [2.05, 4.69) is 60.8 Å². The van der Waals surface area contributed by atoms with Gasteiger partial charge in [0.1, 0.15) is 5.82 Å². The predicted octanol–water partition coefficient (Wildman–Crippen LogP) is 2.68. The van der Waals surface area contributed by atoms with E-state index in [0.717, 1.165) is 50.3 Å². The molecule has 1 atom stereocenters. The lowest BCUT2D eigenvalue weighted by Gasteiger charge is -2.35. The number of piperazine rings is 1. The molecule has 3 aromatic rings. The second kappa shape index (κ2) is 7.07. The second-order valence-corrected chi connectivity index (χ2v) is 7.29. The van der Waals surface area contributed by atoms with Gasteiger partial charge in [0.2, 0.25) is 11.9 Å². The second-order valence-electron chi connectivity index (χ2n) is 7.29. The summed E-state index contributed by atoms with van der Waals surface area (Å²) in [6.07, 6.45) is 6.48. The van der Waals surface area contributed by atoms with Gasteiger partial charge in [0.15, 0.2) is 0 Å². The summed E-state index contributed by atoms with van der Waals surface area (Å²) in [6, 6.07) is 12.7. The van der Waals surface area contributed by atoms with Crippen molar-refractivity contribution < 1.29 is 0 Å². The number of hydrogen-bond acceptors (Lipinski definition) is 7. The Morgan fingerprint density at radius 2 is 1.50 bits per heavy atom. The Bertz CT molecular complexity index is 954. The minimum absolute atomic E-state index is 0.361. The van der Waals surface area contributed by atoms with E-state index in [1.807, 2.05) is 18.3 Å². The Hall–Kier alpha value is -3.22. The van der Waals surface area contributed by atoms with E-state index in [9.17, 15) is 0 Å². The first-order valence-electron chi connectivity index (χ1n) is 9.77. The van der Waals surface area contributed by atoms with Crippen molar-refractivity contribution in [3.63, 3.8) is 0 Å². The molecule has 1 fully saturated rings. The maximum absolute atomic E-state index is 4.92. The van der Waals surface area contributed by atoms with Crippen LogP contribution in [-0.2, 0) is 6.42 Å². The van der Waals surface area contributed by atoms with E-state index in [0.29, 0.717) is 6.04 Å². The van der Waals surface area contributed by atoms with Gasteiger partial charge in [-0.05, 0) is 37.1 Å². The number of fused-ring (bicyclic) bond motifs is 1. The van der Waals surface area contributed by atoms with Gasteiger partial charge < -0.3 is 14.7 Å². The monoisotopic (exact) mass is 373 g/mol. The molecule has 1 saturated heterocycles. The first-order valence-corrected chi connectivity index (χ1v) is 9.77. The minimum Gasteiger partial charge on any atom is -0.353 e. The number of nitrogens with zero attached hydrogens (tertiary/aromatic N) is 7. The van der Waals surface area contributed by atoms with Crippen LogP contribution >= 0.6 is 0 Å². The van der Waals surface area contributed by atoms with Crippen molar-refractivity contribution in [2.45, 2.75) is 19.4 Å². The molecule has 0 spiro atoms. The Kier molecular flexibility index (Phi) is 4.27. The van der Waals surface area contributed by atoms with Crippen LogP contribution in [0.4, 0.5) is 23.4 Å². The molecule has 4 heterocycles. The number of rotatable bonds is 3. The van der Waals surface area contributed by atoms with Gasteiger partial charge in [0.05, 0.1) is 0 Å². The van der Waals surface area contributed by atoms with Crippen molar-refractivity contribution >= 4 is 23.4 Å². The average molecular weight is 373 g/mol. The van der Waals surface area contributed by atoms with Crippen LogP contribution < -0.4 is 14.7 Å². The van der Waals surface area contributed by atoms with Gasteiger partial charge in [-0.3, -0.25) is 0 Å². The first-order chi connectivity index (χ1) is 13.8. The summed E-state index contributed by atoms with van der Waals surface area (Å²) >= 11 is 0. The standard InChI is InChI=1S/C21H23N7/c1-16-15-17-5-2-3-6-18(17)28(16)21-24-10-7-19(25-21)26-11-13-27(14-12-26)20-22-8-4-9-23-20/h2-10,16H,11-15H2,1H3. The van der Waals surface area contributed by atoms with Crippen molar-refractivity contribution in [3.05, 3.63) is 60.6 Å². The lowest BCUT2D eigenvalue weighted by atomic mass is 10.1. The van der Waals surface area contributed by atoms with Crippen LogP contribution in [0.2, 0.25) is 0 Å². The fourth-order valence-corrected chi connectivity index (χ4v) is 4.09. The molecule has 7 heteroatoms. The van der Waals surface area contributed by atoms with E-state index in [-0.39, 0.29) is 0 Å². The molecule has 1 aromatic carbocycles. The van der Waals surface area contributed by atoms with Crippen molar-refractivity contribution in [2.75, 3.05) is 40.9 Å². The minimum atomic E-state index is 0.361. The number of hydrogen-bond donors (Lipinski definition) is 0. The molecule has 0 N–H and O–H groups in total. The smallest absolute Gasteiger partial charge is 0.232 e. The van der Waals surface area contributed by atoms with Gasteiger partial charge >= 0.3 is 0 Å². The van der Waals surface area contributed by atoms with Gasteiger partial charge in [0.25, 0.3) is 0 Å². The summed E-state index contributed by atoms with van der Waals surface area (Å²) in [5.41, 5.74) is 2.58. The lowest BCUT2D eigenvalue weighted by Crippen LogP contribution is -2.47. The van der Waals surface area contributed by atoms with Crippen LogP contribution in [-0.4, -0.2) is 52.2 Å². The van der Waals surface area contributed by atoms with Crippen LogP contribution in [0, 0.1) is 0 Å². The number of anilines is 4. The molecule has 142 valence electrons. The van der Waals surface area contributed by atoms with Crippen molar-refractivity contribution in [3.8, 4) is 0 Å². The van der Waals surface area contributed by atoms with Gasteiger partial charge in [-0.25, -0.2) is 15.0 Å². The highest BCUT2D eigenvalue weighted by Gasteiger charge is 2.29. The van der Waals surface area contributed by atoms with Crippen molar-refractivity contribution in [1.82, 2.24) is 19.9 Å². The summed E-state index contributed by atoms with van der Waals surface area (Å²) in [5, 5.41) is 0. The Morgan fingerprint density at radius 3 is 2.32 bits per heavy atom. The maximum atomic E-state index is 4.92. The molecule has 2 aliphatic rings. The predicted molar refractivity (Wildman–Crippen MR) is 110 cm³/mol. The fraction of sp³-hybridized carbons (Fsp3) is 0.333. The molecular weight excluding hydrogens is 350 g/mol. The summed E-state index contributed by atoms with van der Waals surface area (Å²) < 4.78 is 0. The molecule has 2 aliphatic heterocycles. The Morgan fingerprint density at radius 1 is 0.786 bits per heavy atom. The van der Waals surface area contributed by atoms with Crippen LogP contribution in [0.1, 0.15) is 12.5 Å². The highest BCUT2D eigenvalue weighted by molar-refractivity contribution is 5.67. The SMILES string of the molecule is CC1Cc2ccccc2N1c1nccc(N2CCN(c3ncccn3)CC2)n1. The average Bonchev–Trinajstić information content (AvgIpc) is 3.10. The van der Waals surface area contributed by atoms with Gasteiger partial charge in [-0.1, -0.05) is 18.2 Å². The number of benzene rings is 1. The quantitative estimate of drug-likeness (QED) is 0.699. The molecule has 5 rings (SSSR count). The normalized spacial score (nSPS) is 19.0. The zero-order valence-electron chi connectivity index (χ0n) is 15.9. The summed E-state index contributed by atoms with van der Waals surface area (Å²) in [5.74, 6) is 2.56. The van der Waals surface area contributed by atoms with Gasteiger partial charge in [-0.2, -0.15) is 4.98 Å². The largest absolute Gasteiger partial charge is 0.353 e. The Labute approximate surface area is 164 Å². The van der Waals surface area contributed by atoms with Crippen LogP contribution in [0.5, 0.6) is 0 Å². The third-order valence-electron chi connectivity index (χ3n) is 5.49. The molecule has 0 radical (unpaired) electrons. The van der Waals surface area contributed by atoms with Crippen LogP contribution in [0.25, 0.3) is 0 Å². The molecule has 28 heavy (non-hydrogen) atoms. The van der Waals surface area contributed by atoms with Gasteiger partial charge in [0, 0.05) is 56.5 Å². The number of aromatic nitrogens is 4. The summed E-state index contributed by atoms with van der Waals surface area (Å²) in [4.78, 5) is 25.0. The zero-order valence-corrected chi connectivity index (χ0v) is 15.9. The van der Waals surface area contributed by atoms with Crippen LogP contribution in [0.3, 0.4) is 0 Å². The molecule has 1 unspecified atom stereocenters. The fourth-order valence-electron chi connectivity index (χ4n) is 4.09.